The van der Waals surface area contributed by atoms with Crippen molar-refractivity contribution in [3.63, 3.8) is 0 Å². The number of hydrogen-bond acceptors (Lipinski definition) is 7. The van der Waals surface area contributed by atoms with Crippen molar-refractivity contribution in [1.82, 2.24) is 10.2 Å². The number of fused-ring (bicyclic) bond motifs is 3. The molecule has 11 heteroatoms. The van der Waals surface area contributed by atoms with Gasteiger partial charge in [0.05, 0.1) is 35.7 Å². The lowest BCUT2D eigenvalue weighted by Gasteiger charge is -2.41. The van der Waals surface area contributed by atoms with E-state index in [-0.39, 0.29) is 43.3 Å². The summed E-state index contributed by atoms with van der Waals surface area (Å²) in [6.07, 6.45) is 4.18. The van der Waals surface area contributed by atoms with Gasteiger partial charge in [-0.3, -0.25) is 14.4 Å². The molecule has 0 bridgehead atoms. The van der Waals surface area contributed by atoms with Crippen LogP contribution in [0.3, 0.4) is 0 Å². The van der Waals surface area contributed by atoms with E-state index in [0.29, 0.717) is 45.2 Å². The average Bonchev–Trinajstić information content (AvgIpc) is 3.38. The lowest BCUT2D eigenvalue weighted by molar-refractivity contribution is -0.138. The Morgan fingerprint density at radius 1 is 1.19 bits per heavy atom. The number of nitrogens with one attached hydrogen (secondary N) is 1. The second-order valence-corrected chi connectivity index (χ2v) is 11.0. The van der Waals surface area contributed by atoms with Gasteiger partial charge in [0, 0.05) is 36.2 Å². The van der Waals surface area contributed by atoms with Crippen LogP contribution >= 0.6 is 23.2 Å². The lowest BCUT2D eigenvalue weighted by Crippen LogP contribution is -2.55. The Bertz CT molecular complexity index is 1380. The van der Waals surface area contributed by atoms with Crippen LogP contribution in [0.5, 0.6) is 11.5 Å². The van der Waals surface area contributed by atoms with E-state index in [0.717, 1.165) is 12.8 Å². The normalized spacial score (nSPS) is 20.5. The number of hydrogen-bond donors (Lipinski definition) is 3. The molecule has 4 rings (SSSR count). The van der Waals surface area contributed by atoms with Crippen molar-refractivity contribution < 1.29 is 34.1 Å². The summed E-state index contributed by atoms with van der Waals surface area (Å²) in [5, 5.41) is 24.5. The Morgan fingerprint density at radius 3 is 2.64 bits per heavy atom. The monoisotopic (exact) mass is 616 g/mol. The Hall–Kier alpha value is -3.37. The molecule has 0 unspecified atom stereocenters. The molecular weight excluding hydrogens is 583 g/mol. The molecule has 42 heavy (non-hydrogen) atoms. The first kappa shape index (κ1) is 31.6. The largest absolute Gasteiger partial charge is 0.493 e. The van der Waals surface area contributed by atoms with E-state index in [1.54, 1.807) is 36.4 Å². The highest BCUT2D eigenvalue weighted by atomic mass is 35.5. The number of halogens is 2. The third-order valence-corrected chi connectivity index (χ3v) is 8.22. The molecule has 0 radical (unpaired) electrons. The summed E-state index contributed by atoms with van der Waals surface area (Å²) >= 11 is 12.4. The number of benzene rings is 2. The number of nitrogens with zero attached hydrogens (tertiary/aromatic N) is 1. The van der Waals surface area contributed by atoms with Crippen LogP contribution in [-0.4, -0.2) is 71.7 Å². The number of aliphatic hydroxyl groups excluding tert-OH is 2. The molecule has 0 saturated heterocycles. The molecule has 9 nitrogen and oxygen atoms in total. The fraction of sp³-hybridized carbons (Fsp3) is 0.387. The maximum atomic E-state index is 13.7. The number of unbranched alkanes of at least 4 members (excludes halogenated alkanes) is 2. The first-order valence-corrected chi connectivity index (χ1v) is 14.5. The van der Waals surface area contributed by atoms with Gasteiger partial charge in [0.15, 0.2) is 11.5 Å². The maximum Gasteiger partial charge on any atom is 0.247 e. The van der Waals surface area contributed by atoms with Gasteiger partial charge in [0.25, 0.3) is 0 Å². The highest BCUT2D eigenvalue weighted by molar-refractivity contribution is 6.42. The summed E-state index contributed by atoms with van der Waals surface area (Å²) < 4.78 is 11.7. The SMILES string of the molecule is C=CCCCCC(=O)N(Cc1ccc(Cl)c(Cl)c1)[C@@H]1C=C(C(=O)NCCO)[C@@H]2c3cc(C=O)cc(OC)c3O[C@@H]2[C@H]1O. The lowest BCUT2D eigenvalue weighted by atomic mass is 9.77. The van der Waals surface area contributed by atoms with Gasteiger partial charge in [0.1, 0.15) is 18.5 Å². The van der Waals surface area contributed by atoms with Crippen molar-refractivity contribution in [1.29, 1.82) is 0 Å². The summed E-state index contributed by atoms with van der Waals surface area (Å²) in [4.78, 5) is 40.4. The van der Waals surface area contributed by atoms with Gasteiger partial charge in [-0.05, 0) is 55.2 Å². The molecule has 4 atom stereocenters. The second kappa shape index (κ2) is 14.2. The van der Waals surface area contributed by atoms with E-state index in [9.17, 15) is 24.6 Å². The molecule has 1 aliphatic carbocycles. The van der Waals surface area contributed by atoms with Crippen LogP contribution in [0, 0.1) is 0 Å². The van der Waals surface area contributed by atoms with E-state index in [1.807, 2.05) is 0 Å². The number of aldehydes is 1. The van der Waals surface area contributed by atoms with Crippen LogP contribution in [0.25, 0.3) is 0 Å². The van der Waals surface area contributed by atoms with Gasteiger partial charge in [-0.1, -0.05) is 35.3 Å². The molecule has 2 aromatic rings. The third-order valence-electron chi connectivity index (χ3n) is 7.48. The zero-order valence-electron chi connectivity index (χ0n) is 23.2. The molecule has 1 heterocycles. The van der Waals surface area contributed by atoms with Crippen LogP contribution in [-0.2, 0) is 16.1 Å². The molecule has 3 N–H and O–H groups in total. The van der Waals surface area contributed by atoms with Crippen LogP contribution in [0.2, 0.25) is 10.0 Å². The summed E-state index contributed by atoms with van der Waals surface area (Å²) in [6.45, 7) is 3.54. The Balaban J connectivity index is 1.79. The standard InChI is InChI=1S/C31H34Cl2N2O7/c1-3-4-5-6-7-26(38)35(16-18-8-9-22(32)23(33)13-18)24-15-21(31(40)34-10-11-36)27-20-12-19(17-37)14-25(41-2)29(20)42-30(27)28(24)39/h3,8-9,12-15,17,24,27-28,30,36,39H,1,4-7,10-11,16H2,2H3,(H,34,40)/t24-,27+,28+,30+/m1/s1. The third kappa shape index (κ3) is 6.65. The minimum atomic E-state index is -1.25. The second-order valence-electron chi connectivity index (χ2n) is 10.2. The first-order valence-electron chi connectivity index (χ1n) is 13.7. The van der Waals surface area contributed by atoms with Gasteiger partial charge in [-0.15, -0.1) is 6.58 Å². The predicted octanol–water partition coefficient (Wildman–Crippen LogP) is 4.21. The highest BCUT2D eigenvalue weighted by Gasteiger charge is 2.51. The molecule has 1 aliphatic heterocycles. The Labute approximate surface area is 254 Å². The molecule has 0 fully saturated rings. The number of allylic oxidation sites excluding steroid dienone is 1. The van der Waals surface area contributed by atoms with Crippen LogP contribution in [0.15, 0.2) is 54.6 Å². The summed E-state index contributed by atoms with van der Waals surface area (Å²) in [5.41, 5.74) is 1.76. The molecule has 2 amide bonds. The van der Waals surface area contributed by atoms with E-state index < -0.39 is 30.1 Å². The average molecular weight is 618 g/mol. The number of ether oxygens (including phenoxy) is 2. The van der Waals surface area contributed by atoms with Crippen molar-refractivity contribution in [2.75, 3.05) is 20.3 Å². The zero-order chi connectivity index (χ0) is 30.4. The van der Waals surface area contributed by atoms with Crippen molar-refractivity contribution in [3.05, 3.63) is 81.4 Å². The van der Waals surface area contributed by atoms with Crippen molar-refractivity contribution in [2.45, 2.75) is 56.4 Å². The number of carbonyl (C=O) groups is 3. The summed E-state index contributed by atoms with van der Waals surface area (Å²) in [7, 11) is 1.43. The van der Waals surface area contributed by atoms with Gasteiger partial charge in [-0.25, -0.2) is 0 Å². The maximum absolute atomic E-state index is 13.7. The fourth-order valence-electron chi connectivity index (χ4n) is 5.46. The number of rotatable bonds is 13. The van der Waals surface area contributed by atoms with E-state index in [1.165, 1.54) is 18.1 Å². The van der Waals surface area contributed by atoms with Gasteiger partial charge in [0.2, 0.25) is 11.8 Å². The van der Waals surface area contributed by atoms with E-state index in [2.05, 4.69) is 11.9 Å². The van der Waals surface area contributed by atoms with Gasteiger partial charge < -0.3 is 29.9 Å². The van der Waals surface area contributed by atoms with E-state index >= 15 is 0 Å². The molecule has 0 spiro atoms. The van der Waals surface area contributed by atoms with Crippen LogP contribution in [0.1, 0.15) is 53.1 Å². The smallest absolute Gasteiger partial charge is 0.247 e. The van der Waals surface area contributed by atoms with Crippen molar-refractivity contribution >= 4 is 41.3 Å². The predicted molar refractivity (Wildman–Crippen MR) is 159 cm³/mol. The fourth-order valence-corrected chi connectivity index (χ4v) is 5.78. The zero-order valence-corrected chi connectivity index (χ0v) is 24.7. The number of carbonyl (C=O) groups excluding carboxylic acids is 3. The molecule has 0 aromatic heterocycles. The Morgan fingerprint density at radius 2 is 1.98 bits per heavy atom. The van der Waals surface area contributed by atoms with Crippen LogP contribution < -0.4 is 14.8 Å². The number of methoxy groups -OCH3 is 1. The van der Waals surface area contributed by atoms with Gasteiger partial charge in [-0.2, -0.15) is 0 Å². The minimum absolute atomic E-state index is 0.00140. The molecule has 2 aromatic carbocycles. The van der Waals surface area contributed by atoms with E-state index in [4.69, 9.17) is 32.7 Å². The van der Waals surface area contributed by atoms with Gasteiger partial charge >= 0.3 is 0 Å². The quantitative estimate of drug-likeness (QED) is 0.175. The Kier molecular flexibility index (Phi) is 10.7. The number of aliphatic hydroxyl groups is 2. The van der Waals surface area contributed by atoms with Crippen LogP contribution in [0.4, 0.5) is 0 Å². The molecule has 2 aliphatic rings. The van der Waals surface area contributed by atoms with Crippen molar-refractivity contribution in [3.8, 4) is 11.5 Å². The summed E-state index contributed by atoms with van der Waals surface area (Å²) in [5.74, 6) is -0.876. The van der Waals surface area contributed by atoms with Crippen molar-refractivity contribution in [2.24, 2.45) is 0 Å². The topological polar surface area (TPSA) is 125 Å². The first-order chi connectivity index (χ1) is 20.2. The number of amides is 2. The highest BCUT2D eigenvalue weighted by Crippen LogP contribution is 2.51. The molecular formula is C31H34Cl2N2O7. The summed E-state index contributed by atoms with van der Waals surface area (Å²) in [6, 6.07) is 7.21. The minimum Gasteiger partial charge on any atom is -0.493 e. The molecule has 0 saturated carbocycles. The molecule has 224 valence electrons.